The van der Waals surface area contributed by atoms with E-state index in [0.29, 0.717) is 0 Å². The lowest BCUT2D eigenvalue weighted by Gasteiger charge is -2.47. The van der Waals surface area contributed by atoms with Crippen LogP contribution in [0.1, 0.15) is 55.4 Å². The van der Waals surface area contributed by atoms with Crippen molar-refractivity contribution < 1.29 is 0 Å². The fraction of sp³-hybridized carbons (Fsp3) is 0.636. The molecule has 0 saturated carbocycles. The van der Waals surface area contributed by atoms with Crippen LogP contribution < -0.4 is 0 Å². The van der Waals surface area contributed by atoms with Crippen molar-refractivity contribution in [1.29, 1.82) is 0 Å². The molecule has 140 valence electrons. The lowest BCUT2D eigenvalue weighted by atomic mass is 9.87. The maximum absolute atomic E-state index is 7.39. The molecule has 0 spiro atoms. The third-order valence-corrected chi connectivity index (χ3v) is 14.5. The first-order valence-electron chi connectivity index (χ1n) is 9.19. The quantitative estimate of drug-likeness (QED) is 0.332. The molecular weight excluding hydrogens is 363 g/mol. The van der Waals surface area contributed by atoms with Gasteiger partial charge in [0.25, 0.3) is 0 Å². The zero-order chi connectivity index (χ0) is 19.6. The van der Waals surface area contributed by atoms with Gasteiger partial charge >= 0.3 is 0 Å². The SMILES string of the molecule is CC1=CC(C(C)(C)C)=CC1(Cl)[Si](C)(C)C1(Cl)C=C(C(C)(C)C)C=C1C. The van der Waals surface area contributed by atoms with Crippen LogP contribution in [0.5, 0.6) is 0 Å². The van der Waals surface area contributed by atoms with Crippen LogP contribution in [-0.2, 0) is 0 Å². The largest absolute Gasteiger partial charge is 0.115 e. The predicted molar refractivity (Wildman–Crippen MR) is 117 cm³/mol. The number of hydrogen-bond acceptors (Lipinski definition) is 0. The van der Waals surface area contributed by atoms with Crippen molar-refractivity contribution in [2.75, 3.05) is 0 Å². The molecule has 25 heavy (non-hydrogen) atoms. The second kappa shape index (κ2) is 5.88. The maximum Gasteiger partial charge on any atom is 0.115 e. The highest BCUT2D eigenvalue weighted by atomic mass is 35.5. The van der Waals surface area contributed by atoms with Crippen LogP contribution in [0.2, 0.25) is 13.1 Å². The second-order valence-electron chi connectivity index (χ2n) is 10.4. The van der Waals surface area contributed by atoms with E-state index in [1.54, 1.807) is 0 Å². The fourth-order valence-electron chi connectivity index (χ4n) is 3.89. The highest BCUT2D eigenvalue weighted by molar-refractivity contribution is 6.97. The molecule has 0 aromatic rings. The van der Waals surface area contributed by atoms with Gasteiger partial charge in [-0.2, -0.15) is 0 Å². The molecule has 0 N–H and O–H groups in total. The summed E-state index contributed by atoms with van der Waals surface area (Å²) in [6.45, 7) is 22.5. The summed E-state index contributed by atoms with van der Waals surface area (Å²) in [5, 5.41) is 0. The summed E-state index contributed by atoms with van der Waals surface area (Å²) in [5.41, 5.74) is 5.30. The first kappa shape index (κ1) is 21.1. The summed E-state index contributed by atoms with van der Waals surface area (Å²) < 4.78 is -0.924. The van der Waals surface area contributed by atoms with Gasteiger partial charge in [0.05, 0.1) is 8.99 Å². The lowest BCUT2D eigenvalue weighted by Crippen LogP contribution is -2.62. The number of rotatable bonds is 2. The first-order chi connectivity index (χ1) is 11.0. The normalized spacial score (nSPS) is 30.9. The lowest BCUT2D eigenvalue weighted by molar-refractivity contribution is 0.517. The monoisotopic (exact) mass is 396 g/mol. The van der Waals surface area contributed by atoms with Gasteiger partial charge in [0.15, 0.2) is 0 Å². The molecule has 2 aliphatic carbocycles. The second-order valence-corrected chi connectivity index (χ2v) is 17.1. The van der Waals surface area contributed by atoms with Crippen LogP contribution in [-0.4, -0.2) is 17.1 Å². The Kier molecular flexibility index (Phi) is 4.95. The summed E-state index contributed by atoms with van der Waals surface area (Å²) in [6.07, 6.45) is 9.17. The average Bonchev–Trinajstić information content (AvgIpc) is 2.90. The zero-order valence-electron chi connectivity index (χ0n) is 17.6. The Hall–Kier alpha value is -0.243. The Labute approximate surface area is 166 Å². The predicted octanol–water partition coefficient (Wildman–Crippen LogP) is 7.59. The van der Waals surface area contributed by atoms with Gasteiger partial charge in [-0.1, -0.05) is 90.1 Å². The molecule has 2 unspecified atom stereocenters. The summed E-state index contributed by atoms with van der Waals surface area (Å²) >= 11 is 14.8. The van der Waals surface area contributed by atoms with E-state index in [1.165, 1.54) is 22.3 Å². The van der Waals surface area contributed by atoms with Gasteiger partial charge in [0.1, 0.15) is 8.07 Å². The van der Waals surface area contributed by atoms with E-state index in [1.807, 2.05) is 0 Å². The van der Waals surface area contributed by atoms with Crippen molar-refractivity contribution in [2.45, 2.75) is 77.5 Å². The van der Waals surface area contributed by atoms with Crippen LogP contribution in [0, 0.1) is 10.8 Å². The standard InChI is InChI=1S/C22H34Cl2Si/c1-15-11-17(19(3,4)5)13-21(15,23)25(9,10)22(24)14-18(12-16(22)2)20(6,7)8/h11-14H,1-10H3. The third-order valence-electron chi connectivity index (χ3n) is 6.15. The molecule has 2 atom stereocenters. The Morgan fingerprint density at radius 3 is 1.20 bits per heavy atom. The number of halogens is 2. The minimum absolute atomic E-state index is 0.0921. The molecular formula is C22H34Cl2Si. The van der Waals surface area contributed by atoms with Gasteiger partial charge in [-0.15, -0.1) is 23.2 Å². The van der Waals surface area contributed by atoms with E-state index in [4.69, 9.17) is 23.2 Å². The van der Waals surface area contributed by atoms with Crippen LogP contribution >= 0.6 is 23.2 Å². The summed E-state index contributed by atoms with van der Waals surface area (Å²) in [7, 11) is -2.21. The zero-order valence-corrected chi connectivity index (χ0v) is 20.1. The van der Waals surface area contributed by atoms with Crippen LogP contribution in [0.15, 0.2) is 46.6 Å². The van der Waals surface area contributed by atoms with Gasteiger partial charge in [-0.25, -0.2) is 0 Å². The first-order valence-corrected chi connectivity index (χ1v) is 12.9. The fourth-order valence-corrected chi connectivity index (χ4v) is 8.96. The van der Waals surface area contributed by atoms with E-state index in [-0.39, 0.29) is 10.8 Å². The van der Waals surface area contributed by atoms with Crippen LogP contribution in [0.4, 0.5) is 0 Å². The van der Waals surface area contributed by atoms with E-state index >= 15 is 0 Å². The Balaban J connectivity index is 2.60. The molecule has 3 heteroatoms. The molecule has 0 radical (unpaired) electrons. The van der Waals surface area contributed by atoms with E-state index in [2.05, 4.69) is 92.8 Å². The molecule has 0 amide bonds. The number of allylic oxidation sites excluding steroid dienone is 8. The van der Waals surface area contributed by atoms with E-state index in [0.717, 1.165) is 0 Å². The third kappa shape index (κ3) is 3.15. The molecule has 0 bridgehead atoms. The summed E-state index contributed by atoms with van der Waals surface area (Å²) in [6, 6.07) is 0. The van der Waals surface area contributed by atoms with Crippen molar-refractivity contribution in [3.05, 3.63) is 46.6 Å². The maximum atomic E-state index is 7.39. The Morgan fingerprint density at radius 2 is 1.00 bits per heavy atom. The van der Waals surface area contributed by atoms with Gasteiger partial charge in [0, 0.05) is 0 Å². The Morgan fingerprint density at radius 1 is 0.720 bits per heavy atom. The molecule has 0 saturated heterocycles. The van der Waals surface area contributed by atoms with Crippen LogP contribution in [0.25, 0.3) is 0 Å². The van der Waals surface area contributed by atoms with Gasteiger partial charge < -0.3 is 0 Å². The van der Waals surface area contributed by atoms with E-state index in [9.17, 15) is 0 Å². The molecule has 0 aliphatic heterocycles. The smallest absolute Gasteiger partial charge is 0.114 e. The number of hydrogen-bond donors (Lipinski definition) is 0. The molecule has 2 rings (SSSR count). The molecule has 0 aromatic heterocycles. The Bertz CT molecular complexity index is 647. The van der Waals surface area contributed by atoms with Gasteiger partial charge in [-0.05, 0) is 35.8 Å². The van der Waals surface area contributed by atoms with Crippen molar-refractivity contribution >= 4 is 31.3 Å². The van der Waals surface area contributed by atoms with E-state index < -0.39 is 17.1 Å². The van der Waals surface area contributed by atoms with Crippen molar-refractivity contribution in [1.82, 2.24) is 0 Å². The molecule has 0 fully saturated rings. The highest BCUT2D eigenvalue weighted by Crippen LogP contribution is 2.55. The molecule has 2 aliphatic rings. The topological polar surface area (TPSA) is 0 Å². The summed E-state index contributed by atoms with van der Waals surface area (Å²) in [5.74, 6) is 0. The molecule has 0 heterocycles. The van der Waals surface area contributed by atoms with Crippen LogP contribution in [0.3, 0.4) is 0 Å². The van der Waals surface area contributed by atoms with Gasteiger partial charge in [0.2, 0.25) is 0 Å². The summed E-state index contributed by atoms with van der Waals surface area (Å²) in [4.78, 5) is 0. The molecule has 0 nitrogen and oxygen atoms in total. The van der Waals surface area contributed by atoms with Gasteiger partial charge in [-0.3, -0.25) is 0 Å². The molecule has 0 aromatic carbocycles. The number of alkyl halides is 2. The van der Waals surface area contributed by atoms with Crippen molar-refractivity contribution in [2.24, 2.45) is 10.8 Å². The highest BCUT2D eigenvalue weighted by Gasteiger charge is 2.60. The van der Waals surface area contributed by atoms with Crippen molar-refractivity contribution in [3.8, 4) is 0 Å². The minimum Gasteiger partial charge on any atom is -0.114 e. The minimum atomic E-state index is -2.21. The van der Waals surface area contributed by atoms with Crippen molar-refractivity contribution in [3.63, 3.8) is 0 Å². The average molecular weight is 398 g/mol.